The number of nitrogens with zero attached hydrogens (tertiary/aromatic N) is 3. The van der Waals surface area contributed by atoms with Gasteiger partial charge in [0.1, 0.15) is 0 Å². The monoisotopic (exact) mass is 185 g/mol. The third-order valence-corrected chi connectivity index (χ3v) is 1.27. The summed E-state index contributed by atoms with van der Waals surface area (Å²) in [4.78, 5) is 16.6. The number of rotatable bonds is 2. The van der Waals surface area contributed by atoms with E-state index in [0.29, 0.717) is 0 Å². The molecule has 13 heavy (non-hydrogen) atoms. The first-order valence-corrected chi connectivity index (χ1v) is 3.17. The van der Waals surface area contributed by atoms with E-state index in [4.69, 9.17) is 11.5 Å². The molecule has 0 saturated heterocycles. The topological polar surface area (TPSA) is 130 Å². The number of hydrogen-bond acceptors (Lipinski definition) is 7. The first-order chi connectivity index (χ1) is 6.06. The number of nitro groups is 1. The number of nitrogens with two attached hydrogens (primary N) is 2. The summed E-state index contributed by atoms with van der Waals surface area (Å²) < 4.78 is 4.62. The largest absolute Gasteiger partial charge is 0.476 e. The molecule has 0 atom stereocenters. The molecule has 1 aromatic heterocycles. The van der Waals surface area contributed by atoms with Crippen molar-refractivity contribution in [1.29, 1.82) is 0 Å². The lowest BCUT2D eigenvalue weighted by atomic mass is 10.4. The summed E-state index contributed by atoms with van der Waals surface area (Å²) in [5, 5.41) is 10.4. The van der Waals surface area contributed by atoms with Crippen LogP contribution in [-0.4, -0.2) is 22.0 Å². The Hall–Kier alpha value is -2.12. The van der Waals surface area contributed by atoms with Gasteiger partial charge in [-0.15, -0.1) is 0 Å². The maximum atomic E-state index is 10.4. The van der Waals surface area contributed by atoms with Gasteiger partial charge in [-0.25, -0.2) is 0 Å². The molecule has 8 nitrogen and oxygen atoms in total. The molecule has 0 saturated carbocycles. The van der Waals surface area contributed by atoms with Crippen LogP contribution in [0.2, 0.25) is 0 Å². The Balaban J connectivity index is 3.38. The van der Waals surface area contributed by atoms with Crippen LogP contribution in [0.4, 0.5) is 17.5 Å². The molecular weight excluding hydrogens is 178 g/mol. The van der Waals surface area contributed by atoms with E-state index >= 15 is 0 Å². The minimum atomic E-state index is -0.729. The Morgan fingerprint density at radius 1 is 1.46 bits per heavy atom. The van der Waals surface area contributed by atoms with E-state index in [1.165, 1.54) is 7.11 Å². The molecule has 1 heterocycles. The van der Waals surface area contributed by atoms with Gasteiger partial charge >= 0.3 is 11.6 Å². The Morgan fingerprint density at radius 3 is 2.54 bits per heavy atom. The minimum absolute atomic E-state index is 0.167. The van der Waals surface area contributed by atoms with E-state index in [0.717, 1.165) is 0 Å². The van der Waals surface area contributed by atoms with Crippen molar-refractivity contribution in [2.75, 3.05) is 18.6 Å². The van der Waals surface area contributed by atoms with Gasteiger partial charge in [0.2, 0.25) is 11.8 Å². The molecule has 0 aliphatic carbocycles. The van der Waals surface area contributed by atoms with Crippen molar-refractivity contribution in [3.8, 4) is 5.88 Å². The minimum Gasteiger partial charge on any atom is -0.476 e. The molecule has 0 fully saturated rings. The first-order valence-electron chi connectivity index (χ1n) is 3.17. The standard InChI is InChI=1S/C5H7N5O3/c1-13-4-2(10(11)12)3(6)8-5(7)9-4/h1H3,(H4,6,7,8,9). The van der Waals surface area contributed by atoms with Gasteiger partial charge in [-0.1, -0.05) is 0 Å². The second-order valence-corrected chi connectivity index (χ2v) is 2.08. The van der Waals surface area contributed by atoms with Gasteiger partial charge in [0, 0.05) is 0 Å². The average molecular weight is 185 g/mol. The molecule has 0 radical (unpaired) electrons. The summed E-state index contributed by atoms with van der Waals surface area (Å²) in [5.74, 6) is -0.718. The Morgan fingerprint density at radius 2 is 2.08 bits per heavy atom. The Labute approximate surface area is 72.7 Å². The van der Waals surface area contributed by atoms with Crippen molar-refractivity contribution in [1.82, 2.24) is 9.97 Å². The molecule has 0 amide bonds. The SMILES string of the molecule is COc1nc(N)nc(N)c1[N+](=O)[O-]. The lowest BCUT2D eigenvalue weighted by Gasteiger charge is -2.02. The van der Waals surface area contributed by atoms with Crippen molar-refractivity contribution in [2.24, 2.45) is 0 Å². The van der Waals surface area contributed by atoms with E-state index in [9.17, 15) is 10.1 Å². The van der Waals surface area contributed by atoms with Crippen molar-refractivity contribution < 1.29 is 9.66 Å². The fraction of sp³-hybridized carbons (Fsp3) is 0.200. The lowest BCUT2D eigenvalue weighted by molar-refractivity contribution is -0.385. The van der Waals surface area contributed by atoms with Crippen LogP contribution in [0.1, 0.15) is 0 Å². The zero-order chi connectivity index (χ0) is 10.0. The highest BCUT2D eigenvalue weighted by atomic mass is 16.6. The highest BCUT2D eigenvalue weighted by molar-refractivity contribution is 5.60. The van der Waals surface area contributed by atoms with E-state index in [1.807, 2.05) is 0 Å². The molecule has 0 bridgehead atoms. The summed E-state index contributed by atoms with van der Waals surface area (Å²) in [6.45, 7) is 0. The van der Waals surface area contributed by atoms with Crippen LogP contribution < -0.4 is 16.2 Å². The van der Waals surface area contributed by atoms with Gasteiger partial charge in [-0.2, -0.15) is 9.97 Å². The normalized spacial score (nSPS) is 9.62. The summed E-state index contributed by atoms with van der Waals surface area (Å²) in [7, 11) is 1.23. The third-order valence-electron chi connectivity index (χ3n) is 1.27. The second kappa shape index (κ2) is 3.09. The maximum Gasteiger partial charge on any atom is 0.372 e. The van der Waals surface area contributed by atoms with Crippen LogP contribution in [0.3, 0.4) is 0 Å². The average Bonchev–Trinajstić information content (AvgIpc) is 2.01. The summed E-state index contributed by atoms with van der Waals surface area (Å²) >= 11 is 0. The molecule has 1 aromatic rings. The van der Waals surface area contributed by atoms with Gasteiger partial charge in [0.25, 0.3) is 0 Å². The third kappa shape index (κ3) is 1.55. The van der Waals surface area contributed by atoms with E-state index in [1.54, 1.807) is 0 Å². The smallest absolute Gasteiger partial charge is 0.372 e. The Kier molecular flexibility index (Phi) is 2.13. The number of methoxy groups -OCH3 is 1. The van der Waals surface area contributed by atoms with Crippen LogP contribution >= 0.6 is 0 Å². The number of nitrogen functional groups attached to an aromatic ring is 2. The zero-order valence-corrected chi connectivity index (χ0v) is 6.72. The zero-order valence-electron chi connectivity index (χ0n) is 6.72. The van der Waals surface area contributed by atoms with Gasteiger partial charge in [-0.05, 0) is 0 Å². The molecule has 1 rings (SSSR count). The maximum absolute atomic E-state index is 10.4. The summed E-state index contributed by atoms with van der Waals surface area (Å²) in [6, 6.07) is 0. The predicted molar refractivity (Wildman–Crippen MR) is 44.1 cm³/mol. The molecule has 0 aromatic carbocycles. The van der Waals surface area contributed by atoms with Gasteiger partial charge in [0.15, 0.2) is 0 Å². The lowest BCUT2D eigenvalue weighted by Crippen LogP contribution is -2.06. The van der Waals surface area contributed by atoms with E-state index in [-0.39, 0.29) is 17.6 Å². The van der Waals surface area contributed by atoms with Gasteiger partial charge < -0.3 is 16.2 Å². The highest BCUT2D eigenvalue weighted by Gasteiger charge is 2.22. The number of ether oxygens (including phenoxy) is 1. The quantitative estimate of drug-likeness (QED) is 0.471. The van der Waals surface area contributed by atoms with Crippen LogP contribution in [0.25, 0.3) is 0 Å². The highest BCUT2D eigenvalue weighted by Crippen LogP contribution is 2.29. The molecule has 0 aliphatic heterocycles. The summed E-state index contributed by atoms with van der Waals surface area (Å²) in [6.07, 6.45) is 0. The molecular formula is C5H7N5O3. The van der Waals surface area contributed by atoms with Crippen LogP contribution in [-0.2, 0) is 0 Å². The van der Waals surface area contributed by atoms with Gasteiger partial charge in [0.05, 0.1) is 12.0 Å². The van der Waals surface area contributed by atoms with Crippen LogP contribution in [0.5, 0.6) is 5.88 Å². The molecule has 8 heteroatoms. The van der Waals surface area contributed by atoms with Crippen LogP contribution in [0.15, 0.2) is 0 Å². The van der Waals surface area contributed by atoms with E-state index in [2.05, 4.69) is 14.7 Å². The molecule has 0 unspecified atom stereocenters. The molecule has 0 spiro atoms. The molecule has 4 N–H and O–H groups in total. The molecule has 70 valence electrons. The Bertz CT molecular complexity index is 352. The van der Waals surface area contributed by atoms with Crippen molar-refractivity contribution in [2.45, 2.75) is 0 Å². The van der Waals surface area contributed by atoms with E-state index < -0.39 is 10.6 Å². The second-order valence-electron chi connectivity index (χ2n) is 2.08. The van der Waals surface area contributed by atoms with Crippen molar-refractivity contribution in [3.05, 3.63) is 10.1 Å². The van der Waals surface area contributed by atoms with Crippen molar-refractivity contribution in [3.63, 3.8) is 0 Å². The van der Waals surface area contributed by atoms with Gasteiger partial charge in [-0.3, -0.25) is 10.1 Å². The fourth-order valence-electron chi connectivity index (χ4n) is 0.782. The van der Waals surface area contributed by atoms with Crippen molar-refractivity contribution >= 4 is 17.5 Å². The predicted octanol–water partition coefficient (Wildman–Crippen LogP) is -0.442. The molecule has 0 aliphatic rings. The number of aromatic nitrogens is 2. The summed E-state index contributed by atoms with van der Waals surface area (Å²) in [5.41, 5.74) is 9.97. The van der Waals surface area contributed by atoms with Crippen LogP contribution in [0, 0.1) is 10.1 Å². The number of hydrogen-bond donors (Lipinski definition) is 2. The first kappa shape index (κ1) is 8.97. The number of anilines is 2. The fourth-order valence-corrected chi connectivity index (χ4v) is 0.782.